The highest BCUT2D eigenvalue weighted by Crippen LogP contribution is 2.32. The van der Waals surface area contributed by atoms with Gasteiger partial charge in [0.25, 0.3) is 0 Å². The van der Waals surface area contributed by atoms with Crippen molar-refractivity contribution >= 4 is 6.21 Å². The molecule has 0 bridgehead atoms. The predicted molar refractivity (Wildman–Crippen MR) is 53.6 cm³/mol. The minimum atomic E-state index is -0.184. The van der Waals surface area contributed by atoms with E-state index in [0.717, 1.165) is 12.8 Å². The zero-order chi connectivity index (χ0) is 9.86. The first-order chi connectivity index (χ1) is 6.87. The van der Waals surface area contributed by atoms with Crippen LogP contribution in [0.2, 0.25) is 0 Å². The normalized spacial score (nSPS) is 21.4. The molecule has 0 saturated heterocycles. The van der Waals surface area contributed by atoms with Crippen molar-refractivity contribution in [1.29, 1.82) is 0 Å². The highest BCUT2D eigenvalue weighted by molar-refractivity contribution is 5.67. The van der Waals surface area contributed by atoms with Crippen molar-refractivity contribution in [3.8, 4) is 0 Å². The van der Waals surface area contributed by atoms with Gasteiger partial charge in [0.05, 0.1) is 6.21 Å². The SMILES string of the molecule is O/N=C\C1(n2cccn2)CCCCC1. The van der Waals surface area contributed by atoms with Gasteiger partial charge in [0.2, 0.25) is 0 Å². The third kappa shape index (κ3) is 1.52. The van der Waals surface area contributed by atoms with Crippen molar-refractivity contribution in [2.75, 3.05) is 0 Å². The molecule has 2 rings (SSSR count). The van der Waals surface area contributed by atoms with E-state index < -0.39 is 0 Å². The van der Waals surface area contributed by atoms with Crippen LogP contribution < -0.4 is 0 Å². The van der Waals surface area contributed by atoms with Crippen molar-refractivity contribution in [3.05, 3.63) is 18.5 Å². The molecule has 1 aromatic heterocycles. The van der Waals surface area contributed by atoms with E-state index in [1.165, 1.54) is 19.3 Å². The molecule has 1 saturated carbocycles. The third-order valence-electron chi connectivity index (χ3n) is 2.98. The zero-order valence-corrected chi connectivity index (χ0v) is 8.13. The molecule has 0 amide bonds. The second-order valence-corrected chi connectivity index (χ2v) is 3.86. The summed E-state index contributed by atoms with van der Waals surface area (Å²) >= 11 is 0. The van der Waals surface area contributed by atoms with Gasteiger partial charge in [-0.2, -0.15) is 5.10 Å². The minimum absolute atomic E-state index is 0.184. The molecule has 76 valence electrons. The molecule has 0 radical (unpaired) electrons. The van der Waals surface area contributed by atoms with Crippen LogP contribution in [0.1, 0.15) is 32.1 Å². The average molecular weight is 193 g/mol. The molecule has 1 heterocycles. The lowest BCUT2D eigenvalue weighted by Crippen LogP contribution is -2.37. The lowest BCUT2D eigenvalue weighted by Gasteiger charge is -2.33. The molecule has 14 heavy (non-hydrogen) atoms. The number of hydrogen-bond acceptors (Lipinski definition) is 3. The van der Waals surface area contributed by atoms with E-state index in [1.807, 2.05) is 16.9 Å². The number of hydrogen-bond donors (Lipinski definition) is 1. The van der Waals surface area contributed by atoms with Gasteiger partial charge in [-0.25, -0.2) is 0 Å². The van der Waals surface area contributed by atoms with E-state index in [1.54, 1.807) is 12.4 Å². The van der Waals surface area contributed by atoms with Gasteiger partial charge in [0.15, 0.2) is 0 Å². The number of aromatic nitrogens is 2. The first-order valence-electron chi connectivity index (χ1n) is 5.06. The Morgan fingerprint density at radius 2 is 2.14 bits per heavy atom. The van der Waals surface area contributed by atoms with E-state index >= 15 is 0 Å². The lowest BCUT2D eigenvalue weighted by molar-refractivity contribution is 0.249. The monoisotopic (exact) mass is 193 g/mol. The van der Waals surface area contributed by atoms with Crippen molar-refractivity contribution in [2.24, 2.45) is 5.16 Å². The Morgan fingerprint density at radius 3 is 2.71 bits per heavy atom. The van der Waals surface area contributed by atoms with Crippen LogP contribution >= 0.6 is 0 Å². The van der Waals surface area contributed by atoms with Crippen LogP contribution in [0.3, 0.4) is 0 Å². The Bertz CT molecular complexity index is 299. The number of nitrogens with zero attached hydrogens (tertiary/aromatic N) is 3. The van der Waals surface area contributed by atoms with Crippen LogP contribution in [0.15, 0.2) is 23.6 Å². The van der Waals surface area contributed by atoms with E-state index in [0.29, 0.717) is 0 Å². The van der Waals surface area contributed by atoms with Gasteiger partial charge < -0.3 is 5.21 Å². The molecule has 0 aliphatic heterocycles. The molecule has 1 aliphatic carbocycles. The fraction of sp³-hybridized carbons (Fsp3) is 0.600. The maximum Gasteiger partial charge on any atom is 0.101 e. The maximum atomic E-state index is 8.71. The molecule has 0 atom stereocenters. The summed E-state index contributed by atoms with van der Waals surface area (Å²) in [5.41, 5.74) is -0.184. The molecular weight excluding hydrogens is 178 g/mol. The molecule has 1 aromatic rings. The largest absolute Gasteiger partial charge is 0.411 e. The number of oxime groups is 1. The van der Waals surface area contributed by atoms with Gasteiger partial charge in [0.1, 0.15) is 5.54 Å². The fourth-order valence-corrected chi connectivity index (χ4v) is 2.22. The van der Waals surface area contributed by atoms with Gasteiger partial charge in [-0.1, -0.05) is 24.4 Å². The lowest BCUT2D eigenvalue weighted by atomic mass is 9.83. The third-order valence-corrected chi connectivity index (χ3v) is 2.98. The predicted octanol–water partition coefficient (Wildman–Crippen LogP) is 2.00. The summed E-state index contributed by atoms with van der Waals surface area (Å²) in [6.45, 7) is 0. The summed E-state index contributed by atoms with van der Waals surface area (Å²) in [4.78, 5) is 0. The fourth-order valence-electron chi connectivity index (χ4n) is 2.22. The van der Waals surface area contributed by atoms with Crippen molar-refractivity contribution in [3.63, 3.8) is 0 Å². The summed E-state index contributed by atoms with van der Waals surface area (Å²) in [6.07, 6.45) is 11.0. The summed E-state index contributed by atoms with van der Waals surface area (Å²) in [6, 6.07) is 1.90. The number of rotatable bonds is 2. The Morgan fingerprint density at radius 1 is 1.36 bits per heavy atom. The van der Waals surface area contributed by atoms with Crippen LogP contribution in [-0.2, 0) is 5.54 Å². The molecule has 1 aliphatic rings. The first kappa shape index (κ1) is 9.24. The quantitative estimate of drug-likeness (QED) is 0.443. The average Bonchev–Trinajstić information content (AvgIpc) is 2.73. The van der Waals surface area contributed by atoms with Gasteiger partial charge in [0, 0.05) is 12.4 Å². The van der Waals surface area contributed by atoms with Gasteiger partial charge in [-0.05, 0) is 18.9 Å². The summed E-state index contributed by atoms with van der Waals surface area (Å²) in [5.74, 6) is 0. The molecule has 0 unspecified atom stereocenters. The topological polar surface area (TPSA) is 50.4 Å². The maximum absolute atomic E-state index is 8.71. The van der Waals surface area contributed by atoms with Crippen molar-refractivity contribution < 1.29 is 5.21 Å². The molecule has 0 spiro atoms. The van der Waals surface area contributed by atoms with Crippen molar-refractivity contribution in [2.45, 2.75) is 37.6 Å². The van der Waals surface area contributed by atoms with Crippen LogP contribution in [0, 0.1) is 0 Å². The Balaban J connectivity index is 2.30. The van der Waals surface area contributed by atoms with E-state index in [4.69, 9.17) is 5.21 Å². The van der Waals surface area contributed by atoms with Crippen LogP contribution in [-0.4, -0.2) is 21.2 Å². The molecule has 4 nitrogen and oxygen atoms in total. The summed E-state index contributed by atoms with van der Waals surface area (Å²) in [7, 11) is 0. The second-order valence-electron chi connectivity index (χ2n) is 3.86. The van der Waals surface area contributed by atoms with Gasteiger partial charge in [-0.15, -0.1) is 0 Å². The summed E-state index contributed by atoms with van der Waals surface area (Å²) < 4.78 is 1.91. The Kier molecular flexibility index (Phi) is 2.52. The standard InChI is InChI=1S/C10H15N3O/c14-12-9-10(5-2-1-3-6-10)13-8-4-7-11-13/h4,7-9,14H,1-3,5-6H2/b12-9-. The van der Waals surface area contributed by atoms with E-state index in [-0.39, 0.29) is 5.54 Å². The molecule has 0 aromatic carbocycles. The molecule has 1 N–H and O–H groups in total. The highest BCUT2D eigenvalue weighted by Gasteiger charge is 2.32. The zero-order valence-electron chi connectivity index (χ0n) is 8.13. The van der Waals surface area contributed by atoms with E-state index in [9.17, 15) is 0 Å². The van der Waals surface area contributed by atoms with Crippen LogP contribution in [0.5, 0.6) is 0 Å². The molecular formula is C10H15N3O. The minimum Gasteiger partial charge on any atom is -0.411 e. The molecule has 1 fully saturated rings. The van der Waals surface area contributed by atoms with Crippen LogP contribution in [0.25, 0.3) is 0 Å². The Hall–Kier alpha value is -1.32. The highest BCUT2D eigenvalue weighted by atomic mass is 16.4. The van der Waals surface area contributed by atoms with Crippen molar-refractivity contribution in [1.82, 2.24) is 9.78 Å². The Labute approximate surface area is 83.2 Å². The second kappa shape index (κ2) is 3.82. The van der Waals surface area contributed by atoms with Gasteiger partial charge >= 0.3 is 0 Å². The van der Waals surface area contributed by atoms with E-state index in [2.05, 4.69) is 10.3 Å². The van der Waals surface area contributed by atoms with Crippen LogP contribution in [0.4, 0.5) is 0 Å². The first-order valence-corrected chi connectivity index (χ1v) is 5.06. The summed E-state index contributed by atoms with van der Waals surface area (Å²) in [5, 5.41) is 16.2. The van der Waals surface area contributed by atoms with Gasteiger partial charge in [-0.3, -0.25) is 4.68 Å². The molecule has 4 heteroatoms. The smallest absolute Gasteiger partial charge is 0.101 e.